The maximum Gasteiger partial charge on any atom is 0.330 e. The highest BCUT2D eigenvalue weighted by Crippen LogP contribution is 2.55. The molecule has 204 valence electrons. The first-order chi connectivity index (χ1) is 17.9. The predicted molar refractivity (Wildman–Crippen MR) is 132 cm³/mol. The molecule has 1 amide bonds. The van der Waals surface area contributed by atoms with E-state index in [2.05, 4.69) is 0 Å². The van der Waals surface area contributed by atoms with Crippen LogP contribution in [0.1, 0.15) is 60.5 Å². The number of esters is 1. The molecular weight excluding hydrogens is 498 g/mol. The number of carbonyl (C=O) groups is 4. The summed E-state index contributed by atoms with van der Waals surface area (Å²) >= 11 is 0. The van der Waals surface area contributed by atoms with E-state index in [1.165, 1.54) is 24.3 Å². The Kier molecular flexibility index (Phi) is 7.21. The summed E-state index contributed by atoms with van der Waals surface area (Å²) in [6.07, 6.45) is 0.468. The first kappa shape index (κ1) is 27.5. The van der Waals surface area contributed by atoms with Crippen LogP contribution >= 0.6 is 0 Å². The van der Waals surface area contributed by atoms with Crippen LogP contribution in [-0.2, 0) is 19.1 Å². The van der Waals surface area contributed by atoms with Crippen molar-refractivity contribution in [3.8, 4) is 5.75 Å². The number of aliphatic hydroxyl groups excluding tert-OH is 3. The van der Waals surface area contributed by atoms with Gasteiger partial charge in [-0.3, -0.25) is 14.4 Å². The Morgan fingerprint density at radius 1 is 1.21 bits per heavy atom. The van der Waals surface area contributed by atoms with Crippen LogP contribution in [0.25, 0.3) is 6.08 Å². The maximum atomic E-state index is 13.7. The fraction of sp³-hybridized carbons (Fsp3) is 0.481. The number of unbranched alkanes of at least 4 members (excludes halogenated alkanes) is 1. The molecule has 0 heterocycles. The Hall–Kier alpha value is -3.54. The van der Waals surface area contributed by atoms with E-state index in [1.54, 1.807) is 6.92 Å². The number of rotatable bonds is 6. The Labute approximate surface area is 218 Å². The van der Waals surface area contributed by atoms with Crippen molar-refractivity contribution < 1.29 is 49.4 Å². The van der Waals surface area contributed by atoms with Crippen LogP contribution in [0.3, 0.4) is 0 Å². The molecule has 0 bridgehead atoms. The molecule has 4 rings (SSSR count). The van der Waals surface area contributed by atoms with Gasteiger partial charge in [0.05, 0.1) is 24.4 Å². The highest BCUT2D eigenvalue weighted by molar-refractivity contribution is 6.16. The van der Waals surface area contributed by atoms with Gasteiger partial charge >= 0.3 is 5.97 Å². The Bertz CT molecular complexity index is 1270. The van der Waals surface area contributed by atoms with Gasteiger partial charge in [0.2, 0.25) is 5.91 Å². The zero-order valence-electron chi connectivity index (χ0n) is 21.0. The average Bonchev–Trinajstić information content (AvgIpc) is 2.85. The smallest absolute Gasteiger partial charge is 0.330 e. The van der Waals surface area contributed by atoms with E-state index in [4.69, 9.17) is 10.5 Å². The summed E-state index contributed by atoms with van der Waals surface area (Å²) in [7, 11) is 0. The number of ether oxygens (including phenoxy) is 1. The minimum atomic E-state index is -2.84. The largest absolute Gasteiger partial charge is 0.508 e. The topological polar surface area (TPSA) is 205 Å². The van der Waals surface area contributed by atoms with Crippen molar-refractivity contribution in [1.29, 1.82) is 0 Å². The molecule has 11 heteroatoms. The third-order valence-corrected chi connectivity index (χ3v) is 7.98. The van der Waals surface area contributed by atoms with Crippen LogP contribution in [0.5, 0.6) is 5.75 Å². The molecule has 3 aliphatic rings. The van der Waals surface area contributed by atoms with Gasteiger partial charge in [-0.1, -0.05) is 26.3 Å². The highest BCUT2D eigenvalue weighted by atomic mass is 16.5. The number of aromatic hydroxyl groups is 1. The second kappa shape index (κ2) is 9.97. The van der Waals surface area contributed by atoms with E-state index < -0.39 is 88.4 Å². The molecule has 7 atom stereocenters. The number of primary amides is 1. The van der Waals surface area contributed by atoms with E-state index >= 15 is 0 Å². The van der Waals surface area contributed by atoms with Gasteiger partial charge < -0.3 is 36.0 Å². The molecule has 1 aromatic rings. The number of nitrogens with two attached hydrogens (primary N) is 1. The average molecular weight is 530 g/mol. The summed E-state index contributed by atoms with van der Waals surface area (Å²) in [4.78, 5) is 50.7. The lowest BCUT2D eigenvalue weighted by Crippen LogP contribution is -2.67. The number of benzene rings is 1. The van der Waals surface area contributed by atoms with E-state index in [1.807, 2.05) is 6.92 Å². The van der Waals surface area contributed by atoms with Crippen LogP contribution < -0.4 is 5.73 Å². The predicted octanol–water partition coefficient (Wildman–Crippen LogP) is 0.634. The van der Waals surface area contributed by atoms with E-state index in [9.17, 15) is 44.7 Å². The van der Waals surface area contributed by atoms with Gasteiger partial charge in [0.25, 0.3) is 0 Å². The highest BCUT2D eigenvalue weighted by Gasteiger charge is 2.66. The monoisotopic (exact) mass is 529 g/mol. The summed E-state index contributed by atoms with van der Waals surface area (Å²) in [6.45, 7) is 3.82. The van der Waals surface area contributed by atoms with Crippen molar-refractivity contribution >= 4 is 29.5 Å². The number of hydrogen-bond acceptors (Lipinski definition) is 10. The van der Waals surface area contributed by atoms with Crippen molar-refractivity contribution in [1.82, 2.24) is 0 Å². The summed E-state index contributed by atoms with van der Waals surface area (Å²) in [5.41, 5.74) is 2.38. The lowest BCUT2D eigenvalue weighted by molar-refractivity contribution is -0.179. The van der Waals surface area contributed by atoms with Crippen molar-refractivity contribution in [3.05, 3.63) is 46.2 Å². The molecule has 1 saturated carbocycles. The molecule has 2 unspecified atom stereocenters. The Morgan fingerprint density at radius 2 is 1.89 bits per heavy atom. The summed E-state index contributed by atoms with van der Waals surface area (Å²) < 4.78 is 5.11. The molecule has 1 aromatic carbocycles. The fourth-order valence-electron chi connectivity index (χ4n) is 6.08. The maximum absolute atomic E-state index is 13.7. The number of phenolic OH excluding ortho intramolecular Hbond substituents is 1. The van der Waals surface area contributed by atoms with Gasteiger partial charge in [-0.15, -0.1) is 0 Å². The van der Waals surface area contributed by atoms with Gasteiger partial charge in [0, 0.05) is 23.5 Å². The lowest BCUT2D eigenvalue weighted by atomic mass is 9.54. The first-order valence-electron chi connectivity index (χ1n) is 12.5. The SMILES string of the molecule is CCCCOC(=O)/C=C/c1ccc(O)c2c1[C@H](C)[C@@H]1C(=C(O)[C@]3(O)C(=O)C(C(N)=O)C(O)C[C@@H]3[C@H]1O)C2=O. The summed E-state index contributed by atoms with van der Waals surface area (Å²) in [5, 5.41) is 54.9. The van der Waals surface area contributed by atoms with Crippen molar-refractivity contribution in [2.24, 2.45) is 23.5 Å². The van der Waals surface area contributed by atoms with Crippen molar-refractivity contribution in [3.63, 3.8) is 0 Å². The van der Waals surface area contributed by atoms with Crippen LogP contribution in [0, 0.1) is 17.8 Å². The number of hydrogen-bond donors (Lipinski definition) is 6. The Morgan fingerprint density at radius 3 is 2.53 bits per heavy atom. The second-order valence-electron chi connectivity index (χ2n) is 10.1. The minimum Gasteiger partial charge on any atom is -0.508 e. The van der Waals surface area contributed by atoms with Crippen LogP contribution in [0.4, 0.5) is 0 Å². The second-order valence-corrected chi connectivity index (χ2v) is 10.1. The van der Waals surface area contributed by atoms with Crippen LogP contribution in [0.2, 0.25) is 0 Å². The van der Waals surface area contributed by atoms with Gasteiger partial charge in [-0.25, -0.2) is 4.79 Å². The van der Waals surface area contributed by atoms with Crippen LogP contribution in [0.15, 0.2) is 29.5 Å². The molecule has 38 heavy (non-hydrogen) atoms. The van der Waals surface area contributed by atoms with Gasteiger partial charge in [0.15, 0.2) is 17.2 Å². The molecule has 0 radical (unpaired) electrons. The number of amides is 1. The molecular formula is C27H31NO10. The lowest BCUT2D eigenvalue weighted by Gasteiger charge is -2.52. The number of aliphatic hydroxyl groups is 4. The Balaban J connectivity index is 1.84. The normalized spacial score (nSPS) is 32.6. The van der Waals surface area contributed by atoms with E-state index in [0.29, 0.717) is 12.0 Å². The zero-order chi connectivity index (χ0) is 28.1. The summed E-state index contributed by atoms with van der Waals surface area (Å²) in [6, 6.07) is 2.71. The fourth-order valence-corrected chi connectivity index (χ4v) is 6.08. The van der Waals surface area contributed by atoms with E-state index in [-0.39, 0.29) is 17.7 Å². The van der Waals surface area contributed by atoms with Crippen LogP contribution in [-0.4, -0.2) is 73.4 Å². The zero-order valence-corrected chi connectivity index (χ0v) is 21.0. The third kappa shape index (κ3) is 4.01. The molecule has 0 saturated heterocycles. The molecule has 1 fully saturated rings. The number of fused-ring (bicyclic) bond motifs is 3. The molecule has 0 aromatic heterocycles. The van der Waals surface area contributed by atoms with Gasteiger partial charge in [-0.2, -0.15) is 0 Å². The number of ketones is 2. The summed E-state index contributed by atoms with van der Waals surface area (Å²) in [5.74, 6) is -10.8. The minimum absolute atomic E-state index is 0.221. The number of carbonyl (C=O) groups excluding carboxylic acids is 4. The third-order valence-electron chi connectivity index (χ3n) is 7.98. The van der Waals surface area contributed by atoms with Gasteiger partial charge in [0.1, 0.15) is 17.4 Å². The molecule has 11 nitrogen and oxygen atoms in total. The standard InChI is InChI=1S/C27H31NO10/c1-3-4-9-38-16(31)8-6-12-5-7-14(29)19-17(12)11(2)18-21(23(19)33)25(35)27(37)13(22(18)32)10-15(30)20(24(27)34)26(28)36/h5-8,11,13,15,18,20,22,29-30,32,35,37H,3-4,9-10H2,1-2H3,(H2,28,36)/b8-6+/t11-,13+,15?,18+,20?,22+,27+/m0/s1. The quantitative estimate of drug-likeness (QED) is 0.131. The molecule has 3 aliphatic carbocycles. The molecule has 0 aliphatic heterocycles. The van der Waals surface area contributed by atoms with Crippen molar-refractivity contribution in [2.75, 3.05) is 6.61 Å². The first-order valence-corrected chi connectivity index (χ1v) is 12.5. The molecule has 0 spiro atoms. The number of phenols is 1. The van der Waals surface area contributed by atoms with E-state index in [0.717, 1.165) is 6.42 Å². The van der Waals surface area contributed by atoms with Gasteiger partial charge in [-0.05, 0) is 42.0 Å². The van der Waals surface area contributed by atoms with Crippen molar-refractivity contribution in [2.45, 2.75) is 56.8 Å². The molecule has 7 N–H and O–H groups in total. The number of Topliss-reactive ketones (excluding diaryl/α,β-unsaturated/α-hetero) is 2.